The van der Waals surface area contributed by atoms with Crippen LogP contribution in [0.2, 0.25) is 0 Å². The van der Waals surface area contributed by atoms with Gasteiger partial charge in [0.1, 0.15) is 0 Å². The van der Waals surface area contributed by atoms with Crippen LogP contribution in [0.15, 0.2) is 22.5 Å². The van der Waals surface area contributed by atoms with Gasteiger partial charge in [-0.1, -0.05) is 0 Å². The van der Waals surface area contributed by atoms with Crippen LogP contribution < -0.4 is 0 Å². The Balaban J connectivity index is 2.72. The van der Waals surface area contributed by atoms with E-state index in [0.717, 1.165) is 0 Å². The highest BCUT2D eigenvalue weighted by Crippen LogP contribution is 2.21. The second-order valence-electron chi connectivity index (χ2n) is 1.89. The molecule has 1 aromatic rings. The van der Waals surface area contributed by atoms with Crippen molar-refractivity contribution in [1.82, 2.24) is 10.2 Å². The van der Waals surface area contributed by atoms with Gasteiger partial charge in [-0.15, -0.1) is 5.10 Å². The van der Waals surface area contributed by atoms with Gasteiger partial charge < -0.3 is 10.3 Å². The molecule has 2 heterocycles. The molecule has 0 bridgehead atoms. The normalized spacial score (nSPS) is 12.9. The lowest BCUT2D eigenvalue weighted by Gasteiger charge is -1.82. The Morgan fingerprint density at radius 1 is 1.36 bits per heavy atom. The van der Waals surface area contributed by atoms with E-state index in [0.29, 0.717) is 11.4 Å². The molecule has 0 atom stereocenters. The second kappa shape index (κ2) is 2.03. The molecule has 11 heavy (non-hydrogen) atoms. The maximum absolute atomic E-state index is 8.38. The summed E-state index contributed by atoms with van der Waals surface area (Å²) in [5.41, 5.74) is 9.37. The lowest BCUT2D eigenvalue weighted by Crippen LogP contribution is -1.97. The number of azo groups is 1. The van der Waals surface area contributed by atoms with Crippen molar-refractivity contribution in [2.75, 3.05) is 0 Å². The van der Waals surface area contributed by atoms with Gasteiger partial charge >= 0.3 is 5.84 Å². The Bertz CT molecular complexity index is 374. The highest BCUT2D eigenvalue weighted by atomic mass is 15.2. The topological polar surface area (TPSA) is 86.9 Å². The number of aromatic nitrogens is 2. The van der Waals surface area contributed by atoms with E-state index in [9.17, 15) is 0 Å². The van der Waals surface area contributed by atoms with E-state index >= 15 is 0 Å². The smallest absolute Gasteiger partial charge is 0.456 e. The van der Waals surface area contributed by atoms with Gasteiger partial charge in [-0.2, -0.15) is 5.10 Å². The van der Waals surface area contributed by atoms with E-state index in [4.69, 9.17) is 5.53 Å². The van der Waals surface area contributed by atoms with Gasteiger partial charge in [0.15, 0.2) is 5.69 Å². The summed E-state index contributed by atoms with van der Waals surface area (Å²) >= 11 is 0. The number of rotatable bonds is 0. The first-order chi connectivity index (χ1) is 5.42. The van der Waals surface area contributed by atoms with E-state index in [2.05, 4.69) is 25.2 Å². The summed E-state index contributed by atoms with van der Waals surface area (Å²) in [7, 11) is 0. The first-order valence-corrected chi connectivity index (χ1v) is 2.87. The van der Waals surface area contributed by atoms with Gasteiger partial charge in [-0.25, -0.2) is 0 Å². The summed E-state index contributed by atoms with van der Waals surface area (Å²) in [4.78, 5) is 2.88. The van der Waals surface area contributed by atoms with Crippen LogP contribution in [0.3, 0.4) is 0 Å². The maximum Gasteiger partial charge on any atom is 0.456 e. The van der Waals surface area contributed by atoms with Gasteiger partial charge in [-0.05, 0) is 11.2 Å². The zero-order chi connectivity index (χ0) is 7.68. The molecule has 1 aromatic heterocycles. The summed E-state index contributed by atoms with van der Waals surface area (Å²) in [5, 5.41) is 14.5. The second-order valence-corrected chi connectivity index (χ2v) is 1.89. The largest absolute Gasteiger partial charge is 0.497 e. The molecule has 0 N–H and O–H groups in total. The molecule has 6 heteroatoms. The molecule has 1 aliphatic rings. The number of hydrogen-bond acceptors (Lipinski definition) is 3. The van der Waals surface area contributed by atoms with Crippen LogP contribution in [0.4, 0.5) is 5.69 Å². The molecule has 2 rings (SSSR count). The third-order valence-electron chi connectivity index (χ3n) is 1.26. The summed E-state index contributed by atoms with van der Waals surface area (Å²) in [6.07, 6.45) is 1.50. The van der Waals surface area contributed by atoms with Crippen molar-refractivity contribution in [2.45, 2.75) is 0 Å². The van der Waals surface area contributed by atoms with Crippen LogP contribution in [-0.4, -0.2) is 20.8 Å². The molecule has 6 nitrogen and oxygen atoms in total. The monoisotopic (exact) mass is 146 g/mol. The van der Waals surface area contributed by atoms with Gasteiger partial charge in [-0.3, -0.25) is 0 Å². The van der Waals surface area contributed by atoms with Crippen LogP contribution >= 0.6 is 0 Å². The van der Waals surface area contributed by atoms with E-state index < -0.39 is 0 Å². The summed E-state index contributed by atoms with van der Waals surface area (Å²) < 4.78 is 0. The molecule has 0 amide bonds. The third kappa shape index (κ3) is 0.736. The van der Waals surface area contributed by atoms with Crippen molar-refractivity contribution in [3.8, 4) is 0 Å². The SMILES string of the molecule is [N-]=[N+]=C1N=Nc2ccnnc21. The van der Waals surface area contributed by atoms with Crippen LogP contribution in [0.5, 0.6) is 0 Å². The average molecular weight is 146 g/mol. The fourth-order valence-electron chi connectivity index (χ4n) is 0.781. The zero-order valence-corrected chi connectivity index (χ0v) is 5.34. The van der Waals surface area contributed by atoms with Crippen molar-refractivity contribution in [3.05, 3.63) is 23.5 Å². The van der Waals surface area contributed by atoms with E-state index in [1.807, 2.05) is 0 Å². The maximum atomic E-state index is 8.38. The molecular weight excluding hydrogens is 144 g/mol. The predicted molar refractivity (Wildman–Crippen MR) is 34.3 cm³/mol. The lowest BCUT2D eigenvalue weighted by atomic mass is 10.3. The van der Waals surface area contributed by atoms with E-state index in [1.165, 1.54) is 6.20 Å². The van der Waals surface area contributed by atoms with E-state index in [-0.39, 0.29) is 5.84 Å². The van der Waals surface area contributed by atoms with Crippen molar-refractivity contribution in [3.63, 3.8) is 0 Å². The molecule has 0 unspecified atom stereocenters. The lowest BCUT2D eigenvalue weighted by molar-refractivity contribution is -0.00583. The quantitative estimate of drug-likeness (QED) is 0.395. The molecule has 0 radical (unpaired) electrons. The summed E-state index contributed by atoms with van der Waals surface area (Å²) in [6.45, 7) is 0. The minimum absolute atomic E-state index is 0.105. The minimum Gasteiger partial charge on any atom is -0.497 e. The molecule has 0 saturated carbocycles. The molecule has 0 fully saturated rings. The summed E-state index contributed by atoms with van der Waals surface area (Å²) in [6, 6.07) is 1.64. The Hall–Kier alpha value is -1.94. The van der Waals surface area contributed by atoms with Crippen molar-refractivity contribution in [2.24, 2.45) is 10.2 Å². The Labute approximate surface area is 61.2 Å². The first-order valence-electron chi connectivity index (χ1n) is 2.87. The summed E-state index contributed by atoms with van der Waals surface area (Å²) in [5.74, 6) is 0.105. The molecule has 1 aliphatic heterocycles. The van der Waals surface area contributed by atoms with Crippen molar-refractivity contribution < 1.29 is 4.79 Å². The standard InChI is InChI=1S/C5H2N6/c6-8-5-4-3(9-11-5)1-2-7-10-4/h1-2H. The fraction of sp³-hybridized carbons (Fsp3) is 0. The van der Waals surface area contributed by atoms with Gasteiger partial charge in [0.2, 0.25) is 5.69 Å². The van der Waals surface area contributed by atoms with Crippen LogP contribution in [0.1, 0.15) is 5.69 Å². The van der Waals surface area contributed by atoms with Crippen LogP contribution in [0.25, 0.3) is 5.53 Å². The molecular formula is C5H2N6. The van der Waals surface area contributed by atoms with Gasteiger partial charge in [0.25, 0.3) is 0 Å². The predicted octanol–water partition coefficient (Wildman–Crippen LogP) is 0.550. The molecule has 0 saturated heterocycles. The number of hydrogen-bond donors (Lipinski definition) is 0. The fourth-order valence-corrected chi connectivity index (χ4v) is 0.781. The van der Waals surface area contributed by atoms with Crippen molar-refractivity contribution >= 4 is 11.5 Å². The zero-order valence-electron chi connectivity index (χ0n) is 5.34. The first kappa shape index (κ1) is 5.82. The number of fused-ring (bicyclic) bond motifs is 1. The van der Waals surface area contributed by atoms with Crippen LogP contribution in [-0.2, 0) is 0 Å². The van der Waals surface area contributed by atoms with Crippen LogP contribution in [0, 0.1) is 0 Å². The molecule has 0 aliphatic carbocycles. The Kier molecular flexibility index (Phi) is 1.07. The van der Waals surface area contributed by atoms with E-state index in [1.54, 1.807) is 6.07 Å². The molecule has 0 aromatic carbocycles. The number of nitrogens with zero attached hydrogens (tertiary/aromatic N) is 6. The highest BCUT2D eigenvalue weighted by molar-refractivity contribution is 5.99. The van der Waals surface area contributed by atoms with Gasteiger partial charge in [0, 0.05) is 0 Å². The molecule has 0 spiro atoms. The number of amidine groups is 1. The third-order valence-corrected chi connectivity index (χ3v) is 1.26. The average Bonchev–Trinajstić information content (AvgIpc) is 2.47. The minimum atomic E-state index is 0.105. The van der Waals surface area contributed by atoms with Crippen molar-refractivity contribution in [1.29, 1.82) is 0 Å². The molecule has 52 valence electrons. The highest BCUT2D eigenvalue weighted by Gasteiger charge is 2.26. The Morgan fingerprint density at radius 3 is 3.09 bits per heavy atom. The Morgan fingerprint density at radius 2 is 2.27 bits per heavy atom. The van der Waals surface area contributed by atoms with Gasteiger partial charge in [0.05, 0.1) is 11.3 Å².